The van der Waals surface area contributed by atoms with Gasteiger partial charge in [-0.1, -0.05) is 38.1 Å². The SMILES string of the molecule is CC1(C)CCC(N)C(CN2Cc3ccccc3C2)C1. The molecule has 2 nitrogen and oxygen atoms in total. The van der Waals surface area contributed by atoms with Crippen LogP contribution in [0.5, 0.6) is 0 Å². The summed E-state index contributed by atoms with van der Waals surface area (Å²) in [4.78, 5) is 2.58. The summed E-state index contributed by atoms with van der Waals surface area (Å²) in [6.45, 7) is 8.17. The van der Waals surface area contributed by atoms with E-state index in [0.717, 1.165) is 13.1 Å². The molecular formula is C17H26N2. The van der Waals surface area contributed by atoms with Crippen molar-refractivity contribution >= 4 is 0 Å². The van der Waals surface area contributed by atoms with Crippen LogP contribution in [0.2, 0.25) is 0 Å². The van der Waals surface area contributed by atoms with Crippen LogP contribution in [0.4, 0.5) is 0 Å². The molecule has 1 fully saturated rings. The van der Waals surface area contributed by atoms with Crippen LogP contribution < -0.4 is 5.73 Å². The molecule has 19 heavy (non-hydrogen) atoms. The number of hydrogen-bond acceptors (Lipinski definition) is 2. The molecule has 1 aliphatic heterocycles. The Kier molecular flexibility index (Phi) is 3.40. The van der Waals surface area contributed by atoms with E-state index in [4.69, 9.17) is 5.73 Å². The van der Waals surface area contributed by atoms with Gasteiger partial charge in [0.2, 0.25) is 0 Å². The van der Waals surface area contributed by atoms with Crippen LogP contribution in [0.3, 0.4) is 0 Å². The van der Waals surface area contributed by atoms with Gasteiger partial charge >= 0.3 is 0 Å². The first-order chi connectivity index (χ1) is 9.03. The predicted octanol–water partition coefficient (Wildman–Crippen LogP) is 3.16. The lowest BCUT2D eigenvalue weighted by atomic mass is 9.70. The Bertz CT molecular complexity index is 427. The molecule has 2 N–H and O–H groups in total. The molecule has 0 radical (unpaired) electrons. The summed E-state index contributed by atoms with van der Waals surface area (Å²) >= 11 is 0. The summed E-state index contributed by atoms with van der Waals surface area (Å²) in [6.07, 6.45) is 3.75. The average Bonchev–Trinajstić information content (AvgIpc) is 2.76. The summed E-state index contributed by atoms with van der Waals surface area (Å²) in [5, 5.41) is 0. The lowest BCUT2D eigenvalue weighted by Gasteiger charge is -2.40. The first-order valence-electron chi connectivity index (χ1n) is 7.58. The van der Waals surface area contributed by atoms with Gasteiger partial charge in [-0.15, -0.1) is 0 Å². The molecule has 1 aromatic carbocycles. The Morgan fingerprint density at radius 1 is 1.21 bits per heavy atom. The van der Waals surface area contributed by atoms with Crippen molar-refractivity contribution in [2.45, 2.75) is 52.2 Å². The van der Waals surface area contributed by atoms with Crippen molar-refractivity contribution in [1.29, 1.82) is 0 Å². The predicted molar refractivity (Wildman–Crippen MR) is 79.7 cm³/mol. The van der Waals surface area contributed by atoms with Gasteiger partial charge < -0.3 is 5.73 Å². The number of nitrogens with two attached hydrogens (primary N) is 1. The van der Waals surface area contributed by atoms with Gasteiger partial charge in [0.1, 0.15) is 0 Å². The van der Waals surface area contributed by atoms with Crippen LogP contribution in [-0.4, -0.2) is 17.5 Å². The molecule has 104 valence electrons. The molecule has 2 heteroatoms. The van der Waals surface area contributed by atoms with Crippen molar-refractivity contribution in [1.82, 2.24) is 4.90 Å². The average molecular weight is 258 g/mol. The first kappa shape index (κ1) is 13.1. The summed E-state index contributed by atoms with van der Waals surface area (Å²) in [7, 11) is 0. The quantitative estimate of drug-likeness (QED) is 0.883. The Labute approximate surface area is 117 Å². The van der Waals surface area contributed by atoms with Gasteiger partial charge in [-0.25, -0.2) is 0 Å². The van der Waals surface area contributed by atoms with Crippen molar-refractivity contribution in [3.05, 3.63) is 35.4 Å². The van der Waals surface area contributed by atoms with Crippen molar-refractivity contribution in [2.24, 2.45) is 17.1 Å². The molecule has 2 unspecified atom stereocenters. The fraction of sp³-hybridized carbons (Fsp3) is 0.647. The molecule has 1 saturated carbocycles. The number of nitrogens with zero attached hydrogens (tertiary/aromatic N) is 1. The van der Waals surface area contributed by atoms with Gasteiger partial charge in [-0.3, -0.25) is 4.90 Å². The normalized spacial score (nSPS) is 30.3. The molecule has 2 atom stereocenters. The lowest BCUT2D eigenvalue weighted by molar-refractivity contribution is 0.114. The van der Waals surface area contributed by atoms with Crippen LogP contribution >= 0.6 is 0 Å². The van der Waals surface area contributed by atoms with E-state index in [1.165, 1.54) is 36.9 Å². The third kappa shape index (κ3) is 2.85. The smallest absolute Gasteiger partial charge is 0.0240 e. The van der Waals surface area contributed by atoms with Crippen molar-refractivity contribution in [2.75, 3.05) is 6.54 Å². The molecule has 3 rings (SSSR count). The molecule has 1 aromatic rings. The highest BCUT2D eigenvalue weighted by molar-refractivity contribution is 5.30. The van der Waals surface area contributed by atoms with Crippen molar-refractivity contribution < 1.29 is 0 Å². The third-order valence-corrected chi connectivity index (χ3v) is 4.97. The molecule has 0 spiro atoms. The Hall–Kier alpha value is -0.860. The Morgan fingerprint density at radius 2 is 1.84 bits per heavy atom. The minimum Gasteiger partial charge on any atom is -0.327 e. The Morgan fingerprint density at radius 3 is 2.47 bits per heavy atom. The van der Waals surface area contributed by atoms with Gasteiger partial charge in [-0.05, 0) is 41.7 Å². The summed E-state index contributed by atoms with van der Waals surface area (Å²) in [6, 6.07) is 9.23. The van der Waals surface area contributed by atoms with E-state index >= 15 is 0 Å². The molecule has 0 bridgehead atoms. The van der Waals surface area contributed by atoms with Gasteiger partial charge in [0.05, 0.1) is 0 Å². The first-order valence-corrected chi connectivity index (χ1v) is 7.58. The van der Waals surface area contributed by atoms with E-state index in [0.29, 0.717) is 17.4 Å². The summed E-state index contributed by atoms with van der Waals surface area (Å²) in [5.74, 6) is 0.665. The number of benzene rings is 1. The molecule has 0 saturated heterocycles. The summed E-state index contributed by atoms with van der Waals surface area (Å²) in [5.41, 5.74) is 9.85. The second kappa shape index (κ2) is 4.92. The monoisotopic (exact) mass is 258 g/mol. The van der Waals surface area contributed by atoms with Crippen LogP contribution in [0.1, 0.15) is 44.2 Å². The van der Waals surface area contributed by atoms with E-state index in [2.05, 4.69) is 43.0 Å². The minimum absolute atomic E-state index is 0.400. The standard InChI is InChI=1S/C17H26N2/c1-17(2)8-7-16(18)15(9-17)12-19-10-13-5-3-4-6-14(13)11-19/h3-6,15-16H,7-12,18H2,1-2H3. The van der Waals surface area contributed by atoms with Gasteiger partial charge in [0, 0.05) is 25.7 Å². The molecule has 1 heterocycles. The number of hydrogen-bond donors (Lipinski definition) is 1. The largest absolute Gasteiger partial charge is 0.327 e. The zero-order valence-electron chi connectivity index (χ0n) is 12.2. The molecule has 2 aliphatic rings. The van der Waals surface area contributed by atoms with Crippen LogP contribution in [0.15, 0.2) is 24.3 Å². The van der Waals surface area contributed by atoms with E-state index in [-0.39, 0.29) is 0 Å². The van der Waals surface area contributed by atoms with E-state index < -0.39 is 0 Å². The van der Waals surface area contributed by atoms with Crippen LogP contribution in [0.25, 0.3) is 0 Å². The van der Waals surface area contributed by atoms with Crippen LogP contribution in [0, 0.1) is 11.3 Å². The van der Waals surface area contributed by atoms with Gasteiger partial charge in [0.25, 0.3) is 0 Å². The zero-order valence-corrected chi connectivity index (χ0v) is 12.2. The maximum absolute atomic E-state index is 6.36. The second-order valence-electron chi connectivity index (χ2n) is 7.27. The van der Waals surface area contributed by atoms with Crippen LogP contribution in [-0.2, 0) is 13.1 Å². The lowest BCUT2D eigenvalue weighted by Crippen LogP contribution is -2.44. The van der Waals surface area contributed by atoms with E-state index in [9.17, 15) is 0 Å². The molecule has 0 amide bonds. The van der Waals surface area contributed by atoms with Gasteiger partial charge in [0.15, 0.2) is 0 Å². The van der Waals surface area contributed by atoms with Crippen molar-refractivity contribution in [3.63, 3.8) is 0 Å². The second-order valence-corrected chi connectivity index (χ2v) is 7.27. The van der Waals surface area contributed by atoms with E-state index in [1.54, 1.807) is 0 Å². The summed E-state index contributed by atoms with van der Waals surface area (Å²) < 4.78 is 0. The van der Waals surface area contributed by atoms with Gasteiger partial charge in [-0.2, -0.15) is 0 Å². The topological polar surface area (TPSA) is 29.3 Å². The Balaban J connectivity index is 1.64. The highest BCUT2D eigenvalue weighted by Crippen LogP contribution is 2.39. The maximum Gasteiger partial charge on any atom is 0.0240 e. The highest BCUT2D eigenvalue weighted by Gasteiger charge is 2.34. The van der Waals surface area contributed by atoms with E-state index in [1.807, 2.05) is 0 Å². The third-order valence-electron chi connectivity index (χ3n) is 4.97. The minimum atomic E-state index is 0.400. The molecule has 0 aromatic heterocycles. The maximum atomic E-state index is 6.36. The number of rotatable bonds is 2. The fourth-order valence-corrected chi connectivity index (χ4v) is 3.82. The zero-order chi connectivity index (χ0) is 13.5. The fourth-order valence-electron chi connectivity index (χ4n) is 3.82. The molecular weight excluding hydrogens is 232 g/mol. The number of fused-ring (bicyclic) bond motifs is 1. The molecule has 1 aliphatic carbocycles. The highest BCUT2D eigenvalue weighted by atomic mass is 15.1. The van der Waals surface area contributed by atoms with Crippen molar-refractivity contribution in [3.8, 4) is 0 Å².